The Kier molecular flexibility index (Phi) is 12.2. The van der Waals surface area contributed by atoms with Crippen molar-refractivity contribution in [3.8, 4) is 5.75 Å². The van der Waals surface area contributed by atoms with Gasteiger partial charge in [-0.3, -0.25) is 29.4 Å². The molecule has 1 aromatic rings. The van der Waals surface area contributed by atoms with Gasteiger partial charge in [0.1, 0.15) is 6.04 Å². The first-order valence-electron chi connectivity index (χ1n) is 13.0. The van der Waals surface area contributed by atoms with Crippen LogP contribution in [0, 0.1) is 0 Å². The van der Waals surface area contributed by atoms with Crippen LogP contribution < -0.4 is 21.1 Å². The fourth-order valence-corrected chi connectivity index (χ4v) is 4.05. The molecule has 0 spiro atoms. The molecule has 14 nitrogen and oxygen atoms in total. The van der Waals surface area contributed by atoms with E-state index in [9.17, 15) is 37.1 Å². The predicted molar refractivity (Wildman–Crippen MR) is 136 cm³/mol. The van der Waals surface area contributed by atoms with Crippen molar-refractivity contribution in [2.24, 2.45) is 5.73 Å². The summed E-state index contributed by atoms with van der Waals surface area (Å²) < 4.78 is 64.4. The third-order valence-corrected chi connectivity index (χ3v) is 5.93. The average molecular weight is 605 g/mol. The summed E-state index contributed by atoms with van der Waals surface area (Å²) in [5, 5.41) is 4.75. The van der Waals surface area contributed by atoms with Gasteiger partial charge >= 0.3 is 12.1 Å². The second kappa shape index (κ2) is 15.5. The second-order valence-corrected chi connectivity index (χ2v) is 8.86. The van der Waals surface area contributed by atoms with Crippen molar-refractivity contribution in [3.05, 3.63) is 23.3 Å². The molecule has 1 aromatic carbocycles. The number of amides is 4. The van der Waals surface area contributed by atoms with Crippen LogP contribution in [0.25, 0.3) is 0 Å². The van der Waals surface area contributed by atoms with Gasteiger partial charge in [0.05, 0.1) is 69.7 Å². The summed E-state index contributed by atoms with van der Waals surface area (Å²) in [7, 11) is 0. The van der Waals surface area contributed by atoms with E-state index in [4.69, 9.17) is 24.7 Å². The minimum absolute atomic E-state index is 0.00629. The molecule has 232 valence electrons. The minimum Gasteiger partial charge on any atom is -0.418 e. The molecule has 4 N–H and O–H groups in total. The number of hydrogen-bond acceptors (Lipinski definition) is 12. The molecule has 2 aliphatic heterocycles. The van der Waals surface area contributed by atoms with E-state index < -0.39 is 47.6 Å². The molecule has 4 amide bonds. The fraction of sp³-hybridized carbons (Fsp3) is 0.560. The normalized spacial score (nSPS) is 17.0. The van der Waals surface area contributed by atoms with E-state index in [-0.39, 0.29) is 56.0 Å². The number of fused-ring (bicyclic) bond motifs is 1. The molecule has 42 heavy (non-hydrogen) atoms. The summed E-state index contributed by atoms with van der Waals surface area (Å²) in [4.78, 5) is 62.4. The van der Waals surface area contributed by atoms with E-state index in [1.807, 2.05) is 5.32 Å². The van der Waals surface area contributed by atoms with Gasteiger partial charge in [0.15, 0.2) is 5.75 Å². The summed E-state index contributed by atoms with van der Waals surface area (Å²) in [5.74, 6) is -6.51. The minimum atomic E-state index is -5.33. The fourth-order valence-electron chi connectivity index (χ4n) is 4.05. The van der Waals surface area contributed by atoms with Gasteiger partial charge in [0.25, 0.3) is 11.8 Å². The average Bonchev–Trinajstić information content (AvgIpc) is 3.18. The lowest BCUT2D eigenvalue weighted by Crippen LogP contribution is -2.54. The maximum atomic E-state index is 13.3. The number of rotatable bonds is 17. The topological polar surface area (TPSA) is 185 Å². The zero-order valence-corrected chi connectivity index (χ0v) is 22.5. The van der Waals surface area contributed by atoms with Crippen LogP contribution in [0.5, 0.6) is 5.75 Å². The lowest BCUT2D eigenvalue weighted by molar-refractivity contribution is -0.189. The predicted octanol–water partition coefficient (Wildman–Crippen LogP) is -0.00750. The smallest absolute Gasteiger partial charge is 0.418 e. The molecule has 2 heterocycles. The number of anilines is 1. The highest BCUT2D eigenvalue weighted by molar-refractivity contribution is 6.26. The lowest BCUT2D eigenvalue weighted by atomic mass is 10.0. The molecule has 1 fully saturated rings. The number of carbonyl (C=O) groups excluding carboxylic acids is 5. The Balaban J connectivity index is 1.59. The first-order valence-corrected chi connectivity index (χ1v) is 13.0. The van der Waals surface area contributed by atoms with E-state index in [0.717, 1.165) is 12.1 Å². The van der Waals surface area contributed by atoms with Crippen molar-refractivity contribution < 1.29 is 60.8 Å². The van der Waals surface area contributed by atoms with E-state index in [0.29, 0.717) is 44.5 Å². The first-order chi connectivity index (χ1) is 20.1. The monoisotopic (exact) mass is 604 g/mol. The van der Waals surface area contributed by atoms with Crippen LogP contribution in [0.3, 0.4) is 0 Å². The maximum Gasteiger partial charge on any atom is 0.491 e. The molecule has 1 atom stereocenters. The van der Waals surface area contributed by atoms with Crippen LogP contribution in [0.15, 0.2) is 12.1 Å². The number of alkyl halides is 3. The van der Waals surface area contributed by atoms with Crippen molar-refractivity contribution in [2.75, 3.05) is 71.3 Å². The Hall–Kier alpha value is -3.64. The number of nitrogens with one attached hydrogen (secondary N) is 2. The van der Waals surface area contributed by atoms with Crippen LogP contribution in [-0.2, 0) is 33.3 Å². The van der Waals surface area contributed by atoms with Gasteiger partial charge < -0.3 is 34.7 Å². The number of esters is 1. The van der Waals surface area contributed by atoms with Crippen LogP contribution >= 0.6 is 0 Å². The Morgan fingerprint density at radius 2 is 1.52 bits per heavy atom. The lowest BCUT2D eigenvalue weighted by Gasteiger charge is -2.27. The van der Waals surface area contributed by atoms with Crippen LogP contribution in [0.1, 0.15) is 33.6 Å². The summed E-state index contributed by atoms with van der Waals surface area (Å²) in [5.41, 5.74) is 4.34. The summed E-state index contributed by atoms with van der Waals surface area (Å²) in [6.45, 7) is 2.65. The number of hydrogen-bond donors (Lipinski definition) is 3. The van der Waals surface area contributed by atoms with Crippen molar-refractivity contribution in [1.29, 1.82) is 0 Å². The van der Waals surface area contributed by atoms with Crippen molar-refractivity contribution in [3.63, 3.8) is 0 Å². The Morgan fingerprint density at radius 1 is 0.929 bits per heavy atom. The molecular weight excluding hydrogens is 573 g/mol. The second-order valence-electron chi connectivity index (χ2n) is 8.86. The molecule has 0 aliphatic carbocycles. The van der Waals surface area contributed by atoms with Gasteiger partial charge in [0, 0.05) is 19.5 Å². The number of imide groups is 2. The van der Waals surface area contributed by atoms with Gasteiger partial charge in [-0.15, -0.1) is 0 Å². The largest absolute Gasteiger partial charge is 0.491 e. The SMILES string of the molecule is NCCOCCOCCOCCOCCNc1c(OC(=O)C(F)(F)F)ccc2c1C(=O)N([C@H]1CCC(=O)NC1=O)C2=O. The maximum absolute atomic E-state index is 13.3. The summed E-state index contributed by atoms with van der Waals surface area (Å²) in [6, 6.07) is 0.656. The molecular formula is C25H31F3N4O10. The van der Waals surface area contributed by atoms with Crippen LogP contribution in [0.4, 0.5) is 18.9 Å². The standard InChI is InChI=1S/C25H31F3N4O10/c26-25(27,28)24(37)42-17-3-1-15-19(23(36)32(22(15)35)16-2-4-18(33)31-21(16)34)20(17)30-6-8-39-10-12-41-14-13-40-11-9-38-7-5-29/h1,3,16,30H,2,4-14,29H2,(H,31,33,34)/t16-/m0/s1. The van der Waals surface area contributed by atoms with Gasteiger partial charge in [-0.05, 0) is 18.6 Å². The van der Waals surface area contributed by atoms with Gasteiger partial charge in [-0.25, -0.2) is 4.79 Å². The van der Waals surface area contributed by atoms with Crippen LogP contribution in [-0.4, -0.2) is 113 Å². The van der Waals surface area contributed by atoms with Gasteiger partial charge in [-0.1, -0.05) is 0 Å². The van der Waals surface area contributed by atoms with E-state index in [2.05, 4.69) is 10.1 Å². The van der Waals surface area contributed by atoms with Crippen LogP contribution in [0.2, 0.25) is 0 Å². The number of nitrogens with two attached hydrogens (primary N) is 1. The third-order valence-electron chi connectivity index (χ3n) is 5.93. The summed E-state index contributed by atoms with van der Waals surface area (Å²) in [6.07, 6.45) is -5.58. The third kappa shape index (κ3) is 8.68. The highest BCUT2D eigenvalue weighted by atomic mass is 19.4. The zero-order valence-electron chi connectivity index (χ0n) is 22.5. The highest BCUT2D eigenvalue weighted by Gasteiger charge is 2.47. The molecule has 2 aliphatic rings. The molecule has 0 aromatic heterocycles. The summed E-state index contributed by atoms with van der Waals surface area (Å²) >= 11 is 0. The van der Waals surface area contributed by atoms with Crippen molar-refractivity contribution >= 4 is 35.3 Å². The van der Waals surface area contributed by atoms with E-state index in [1.54, 1.807) is 0 Å². The number of benzene rings is 1. The van der Waals surface area contributed by atoms with Crippen molar-refractivity contribution in [1.82, 2.24) is 10.2 Å². The number of carbonyl (C=O) groups is 5. The zero-order chi connectivity index (χ0) is 30.7. The Morgan fingerprint density at radius 3 is 2.10 bits per heavy atom. The van der Waals surface area contributed by atoms with Gasteiger partial charge in [0.2, 0.25) is 11.8 Å². The van der Waals surface area contributed by atoms with Gasteiger partial charge in [-0.2, -0.15) is 13.2 Å². The molecule has 1 saturated heterocycles. The number of nitrogens with zero attached hydrogens (tertiary/aromatic N) is 1. The molecule has 3 rings (SSSR count). The Labute approximate surface area is 237 Å². The number of piperidine rings is 1. The quantitative estimate of drug-likeness (QED) is 0.0937. The molecule has 0 saturated carbocycles. The molecule has 0 unspecified atom stereocenters. The molecule has 0 radical (unpaired) electrons. The van der Waals surface area contributed by atoms with Crippen molar-refractivity contribution in [2.45, 2.75) is 25.1 Å². The van der Waals surface area contributed by atoms with E-state index >= 15 is 0 Å². The Bertz CT molecular complexity index is 1160. The molecule has 17 heteroatoms. The number of ether oxygens (including phenoxy) is 5. The highest BCUT2D eigenvalue weighted by Crippen LogP contribution is 2.39. The molecule has 0 bridgehead atoms. The first kappa shape index (κ1) is 32.9. The number of halogens is 3. The van der Waals surface area contributed by atoms with E-state index in [1.165, 1.54) is 0 Å².